The lowest BCUT2D eigenvalue weighted by molar-refractivity contribution is -0.123. The predicted molar refractivity (Wildman–Crippen MR) is 148 cm³/mol. The zero-order valence-electron chi connectivity index (χ0n) is 21.3. The van der Waals surface area contributed by atoms with Crippen LogP contribution in [0.4, 0.5) is 5.82 Å². The number of amides is 2. The van der Waals surface area contributed by atoms with E-state index in [0.29, 0.717) is 35.9 Å². The van der Waals surface area contributed by atoms with E-state index in [0.717, 1.165) is 11.8 Å². The summed E-state index contributed by atoms with van der Waals surface area (Å²) in [4.78, 5) is 32.6. The second-order valence-corrected chi connectivity index (χ2v) is 12.1. The molecule has 4 rings (SSSR count). The van der Waals surface area contributed by atoms with Gasteiger partial charge in [0.15, 0.2) is 9.84 Å². The molecule has 0 bridgehead atoms. The monoisotopic (exact) mass is 554 g/mol. The van der Waals surface area contributed by atoms with Crippen LogP contribution in [0.1, 0.15) is 41.7 Å². The number of carbonyl (C=O) groups is 2. The third-order valence-corrected chi connectivity index (χ3v) is 8.09. The predicted octanol–water partition coefficient (Wildman–Crippen LogP) is 4.03. The highest BCUT2D eigenvalue weighted by molar-refractivity contribution is 7.90. The van der Waals surface area contributed by atoms with Gasteiger partial charge in [-0.2, -0.15) is 0 Å². The van der Waals surface area contributed by atoms with E-state index in [2.05, 4.69) is 15.6 Å². The minimum absolute atomic E-state index is 0.0857. The molecule has 3 atom stereocenters. The van der Waals surface area contributed by atoms with Gasteiger partial charge in [-0.15, -0.1) is 0 Å². The van der Waals surface area contributed by atoms with Crippen molar-refractivity contribution < 1.29 is 18.0 Å². The molecule has 2 N–H and O–H groups in total. The van der Waals surface area contributed by atoms with Gasteiger partial charge in [-0.25, -0.2) is 13.4 Å². The molecule has 200 valence electrons. The molecule has 0 radical (unpaired) electrons. The Hall–Kier alpha value is -3.43. The zero-order chi connectivity index (χ0) is 27.3. The average molecular weight is 555 g/mol. The van der Waals surface area contributed by atoms with Gasteiger partial charge >= 0.3 is 0 Å². The van der Waals surface area contributed by atoms with Crippen LogP contribution in [0, 0.1) is 5.92 Å². The second-order valence-electron chi connectivity index (χ2n) is 9.61. The minimum atomic E-state index is -3.36. The van der Waals surface area contributed by atoms with Gasteiger partial charge in [0.25, 0.3) is 5.91 Å². The number of sulfone groups is 1. The summed E-state index contributed by atoms with van der Waals surface area (Å²) in [6, 6.07) is 19.2. The minimum Gasteiger partial charge on any atom is -0.355 e. The van der Waals surface area contributed by atoms with Crippen LogP contribution in [0.15, 0.2) is 77.8 Å². The fourth-order valence-electron chi connectivity index (χ4n) is 4.64. The van der Waals surface area contributed by atoms with E-state index in [1.54, 1.807) is 30.3 Å². The standard InChI is InChI=1S/C28H31ClN4O4S/c1-19(20-7-4-3-5-8-20)31-27(34)16-21-13-14-33(26-12-11-24(17-30-26)38(2,36)37)18-25(21)32-28(35)22-9-6-10-23(29)15-22/h3-12,15,17,19,21,25H,13-14,16,18H2,1-2H3,(H,31,34)(H,32,35)/t19-,21?,25?/m1/s1. The Bertz CT molecular complexity index is 1380. The van der Waals surface area contributed by atoms with E-state index < -0.39 is 9.84 Å². The molecule has 2 unspecified atom stereocenters. The maximum absolute atomic E-state index is 13.1. The molecule has 0 saturated carbocycles. The van der Waals surface area contributed by atoms with Crippen molar-refractivity contribution in [2.45, 2.75) is 36.7 Å². The van der Waals surface area contributed by atoms with Gasteiger partial charge < -0.3 is 15.5 Å². The molecule has 10 heteroatoms. The fraction of sp³-hybridized carbons (Fsp3) is 0.321. The van der Waals surface area contributed by atoms with Crippen LogP contribution in [0.25, 0.3) is 0 Å². The van der Waals surface area contributed by atoms with Crippen molar-refractivity contribution in [3.05, 3.63) is 89.1 Å². The molecule has 2 heterocycles. The molecule has 0 aliphatic carbocycles. The van der Waals surface area contributed by atoms with Crippen LogP contribution in [-0.2, 0) is 14.6 Å². The summed E-state index contributed by atoms with van der Waals surface area (Å²) in [5.74, 6) is 0.146. The van der Waals surface area contributed by atoms with Crippen LogP contribution in [0.5, 0.6) is 0 Å². The van der Waals surface area contributed by atoms with Crippen molar-refractivity contribution >= 4 is 39.1 Å². The van der Waals surface area contributed by atoms with E-state index in [-0.39, 0.29) is 41.1 Å². The summed E-state index contributed by atoms with van der Waals surface area (Å²) < 4.78 is 23.6. The maximum atomic E-state index is 13.1. The zero-order valence-corrected chi connectivity index (χ0v) is 22.9. The molecule has 1 aromatic heterocycles. The first kappa shape index (κ1) is 27.6. The number of halogens is 1. The van der Waals surface area contributed by atoms with E-state index >= 15 is 0 Å². The summed E-state index contributed by atoms with van der Waals surface area (Å²) >= 11 is 6.08. The molecule has 1 aliphatic rings. The van der Waals surface area contributed by atoms with Crippen molar-refractivity contribution in [3.8, 4) is 0 Å². The van der Waals surface area contributed by atoms with Gasteiger partial charge in [-0.1, -0.05) is 48.0 Å². The quantitative estimate of drug-likeness (QED) is 0.435. The van der Waals surface area contributed by atoms with Crippen LogP contribution < -0.4 is 15.5 Å². The largest absolute Gasteiger partial charge is 0.355 e. The van der Waals surface area contributed by atoms with Crippen LogP contribution in [-0.4, -0.2) is 50.6 Å². The van der Waals surface area contributed by atoms with Crippen molar-refractivity contribution in [1.82, 2.24) is 15.6 Å². The Morgan fingerprint density at radius 1 is 1.11 bits per heavy atom. The Morgan fingerprint density at radius 2 is 1.87 bits per heavy atom. The number of aromatic nitrogens is 1. The molecule has 8 nitrogen and oxygen atoms in total. The van der Waals surface area contributed by atoms with Crippen LogP contribution in [0.3, 0.4) is 0 Å². The number of hydrogen-bond donors (Lipinski definition) is 2. The average Bonchev–Trinajstić information content (AvgIpc) is 2.89. The van der Waals surface area contributed by atoms with Gasteiger partial charge in [0, 0.05) is 42.5 Å². The first-order valence-corrected chi connectivity index (χ1v) is 14.7. The second kappa shape index (κ2) is 12.0. The molecule has 2 aromatic carbocycles. The molecule has 3 aromatic rings. The highest BCUT2D eigenvalue weighted by atomic mass is 35.5. The smallest absolute Gasteiger partial charge is 0.251 e. The van der Waals surface area contributed by atoms with E-state index in [1.165, 1.54) is 12.3 Å². The first-order valence-electron chi connectivity index (χ1n) is 12.4. The maximum Gasteiger partial charge on any atom is 0.251 e. The summed E-state index contributed by atoms with van der Waals surface area (Å²) in [6.07, 6.45) is 3.38. The van der Waals surface area contributed by atoms with Gasteiger partial charge in [0.2, 0.25) is 5.91 Å². The summed E-state index contributed by atoms with van der Waals surface area (Å²) in [5.41, 5.74) is 1.45. The number of rotatable bonds is 8. The first-order chi connectivity index (χ1) is 18.1. The van der Waals surface area contributed by atoms with Crippen molar-refractivity contribution in [2.24, 2.45) is 5.92 Å². The molecule has 1 aliphatic heterocycles. The molecule has 1 saturated heterocycles. The number of carbonyl (C=O) groups excluding carboxylic acids is 2. The summed E-state index contributed by atoms with van der Waals surface area (Å²) in [6.45, 7) is 2.98. The number of pyridine rings is 1. The third-order valence-electron chi connectivity index (χ3n) is 6.76. The highest BCUT2D eigenvalue weighted by Gasteiger charge is 2.33. The van der Waals surface area contributed by atoms with E-state index in [9.17, 15) is 18.0 Å². The normalized spacial score (nSPS) is 18.4. The van der Waals surface area contributed by atoms with Gasteiger partial charge in [-0.05, 0) is 55.2 Å². The van der Waals surface area contributed by atoms with Crippen molar-refractivity contribution in [3.63, 3.8) is 0 Å². The topological polar surface area (TPSA) is 108 Å². The number of nitrogens with zero attached hydrogens (tertiary/aromatic N) is 2. The number of hydrogen-bond acceptors (Lipinski definition) is 6. The van der Waals surface area contributed by atoms with Crippen molar-refractivity contribution in [1.29, 1.82) is 0 Å². The number of anilines is 1. The number of benzene rings is 2. The Labute approximate surface area is 228 Å². The molecule has 2 amide bonds. The molecule has 1 fully saturated rings. The lowest BCUT2D eigenvalue weighted by Crippen LogP contribution is -2.54. The van der Waals surface area contributed by atoms with Crippen LogP contribution in [0.2, 0.25) is 5.02 Å². The lowest BCUT2D eigenvalue weighted by atomic mass is 9.87. The SMILES string of the molecule is C[C@@H](NC(=O)CC1CCN(c2ccc(S(C)(=O)=O)cn2)CC1NC(=O)c1cccc(Cl)c1)c1ccccc1. The van der Waals surface area contributed by atoms with Gasteiger partial charge in [0.05, 0.1) is 17.0 Å². The Balaban J connectivity index is 1.49. The number of piperidine rings is 1. The highest BCUT2D eigenvalue weighted by Crippen LogP contribution is 2.26. The van der Waals surface area contributed by atoms with Gasteiger partial charge in [-0.3, -0.25) is 9.59 Å². The van der Waals surface area contributed by atoms with Crippen molar-refractivity contribution in [2.75, 3.05) is 24.2 Å². The molecule has 0 spiro atoms. The summed E-state index contributed by atoms with van der Waals surface area (Å²) in [7, 11) is -3.36. The van der Waals surface area contributed by atoms with E-state index in [4.69, 9.17) is 11.6 Å². The summed E-state index contributed by atoms with van der Waals surface area (Å²) in [5, 5.41) is 6.63. The molecular formula is C28H31ClN4O4S. The van der Waals surface area contributed by atoms with Gasteiger partial charge in [0.1, 0.15) is 5.82 Å². The number of nitrogens with one attached hydrogen (secondary N) is 2. The molecular weight excluding hydrogens is 524 g/mol. The van der Waals surface area contributed by atoms with Crippen LogP contribution >= 0.6 is 11.6 Å². The Kier molecular flexibility index (Phi) is 8.69. The Morgan fingerprint density at radius 3 is 2.53 bits per heavy atom. The van der Waals surface area contributed by atoms with E-state index in [1.807, 2.05) is 42.2 Å². The fourth-order valence-corrected chi connectivity index (χ4v) is 5.39. The third kappa shape index (κ3) is 7.11. The molecule has 38 heavy (non-hydrogen) atoms. The lowest BCUT2D eigenvalue weighted by Gasteiger charge is -2.39.